The van der Waals surface area contributed by atoms with Gasteiger partial charge in [0.15, 0.2) is 0 Å². The van der Waals surface area contributed by atoms with Crippen molar-refractivity contribution in [2.24, 2.45) is 0 Å². The summed E-state index contributed by atoms with van der Waals surface area (Å²) in [5.41, 5.74) is 0. The highest BCUT2D eigenvalue weighted by molar-refractivity contribution is 5.85. The molecule has 0 saturated carbocycles. The summed E-state index contributed by atoms with van der Waals surface area (Å²) in [6.07, 6.45) is 1.92. The molecule has 1 N–H and O–H groups in total. The van der Waals surface area contributed by atoms with Crippen molar-refractivity contribution in [2.45, 2.75) is 19.8 Å². The van der Waals surface area contributed by atoms with Gasteiger partial charge in [0.05, 0.1) is 6.61 Å². The summed E-state index contributed by atoms with van der Waals surface area (Å²) in [6.45, 7) is 1.77. The largest absolute Gasteiger partial charge is 0.461 e. The number of carbonyl (C=O) groups is 1. The van der Waals surface area contributed by atoms with E-state index in [0.29, 0.717) is 12.8 Å². The molecule has 0 unspecified atom stereocenters. The van der Waals surface area contributed by atoms with Crippen LogP contribution in [0.15, 0.2) is 11.9 Å². The summed E-state index contributed by atoms with van der Waals surface area (Å²) in [4.78, 5) is 10.6. The number of rotatable bonds is 5. The van der Waals surface area contributed by atoms with Crippen molar-refractivity contribution in [3.63, 3.8) is 0 Å². The maximum Gasteiger partial charge on any atom is 0.366 e. The normalized spacial score (nSPS) is 11.4. The van der Waals surface area contributed by atoms with Gasteiger partial charge in [-0.2, -0.15) is 4.39 Å². The van der Waals surface area contributed by atoms with E-state index in [1.54, 1.807) is 6.92 Å². The highest BCUT2D eigenvalue weighted by Gasteiger charge is 2.07. The van der Waals surface area contributed by atoms with Crippen LogP contribution in [0.25, 0.3) is 0 Å². The Labute approximate surface area is 70.8 Å². The third-order valence-corrected chi connectivity index (χ3v) is 1.16. The average Bonchev–Trinajstić information content (AvgIpc) is 2.05. The van der Waals surface area contributed by atoms with Gasteiger partial charge in [-0.1, -0.05) is 0 Å². The number of aliphatic hydroxyl groups excluding tert-OH is 1. The molecule has 0 aromatic carbocycles. The predicted molar refractivity (Wildman–Crippen MR) is 42.1 cm³/mol. The number of esters is 1. The Morgan fingerprint density at radius 2 is 2.33 bits per heavy atom. The predicted octanol–water partition coefficient (Wildman–Crippen LogP) is 1.18. The Morgan fingerprint density at radius 1 is 1.67 bits per heavy atom. The van der Waals surface area contributed by atoms with Crippen molar-refractivity contribution < 1.29 is 19.0 Å². The van der Waals surface area contributed by atoms with Gasteiger partial charge in [-0.05, 0) is 25.8 Å². The first-order valence-corrected chi connectivity index (χ1v) is 3.86. The Kier molecular flexibility index (Phi) is 6.28. The molecule has 0 aliphatic rings. The van der Waals surface area contributed by atoms with Crippen molar-refractivity contribution in [1.82, 2.24) is 0 Å². The van der Waals surface area contributed by atoms with Crippen LogP contribution in [0.4, 0.5) is 4.39 Å². The second-order valence-electron chi connectivity index (χ2n) is 2.14. The van der Waals surface area contributed by atoms with Gasteiger partial charge in [0, 0.05) is 6.61 Å². The van der Waals surface area contributed by atoms with Gasteiger partial charge >= 0.3 is 5.97 Å². The second kappa shape index (κ2) is 6.79. The van der Waals surface area contributed by atoms with E-state index in [9.17, 15) is 9.18 Å². The number of aliphatic hydroxyl groups is 1. The molecule has 0 radical (unpaired) electrons. The van der Waals surface area contributed by atoms with E-state index in [1.165, 1.54) is 0 Å². The molecular formula is C8H13FO3. The molecule has 0 heterocycles. The number of carbonyl (C=O) groups excluding carboxylic acids is 1. The van der Waals surface area contributed by atoms with Crippen LogP contribution in [0.3, 0.4) is 0 Å². The van der Waals surface area contributed by atoms with E-state index in [2.05, 4.69) is 4.74 Å². The molecule has 0 aromatic heterocycles. The Balaban J connectivity index is 3.74. The van der Waals surface area contributed by atoms with Crippen molar-refractivity contribution in [3.8, 4) is 0 Å². The Hall–Kier alpha value is -0.900. The topological polar surface area (TPSA) is 46.5 Å². The molecule has 70 valence electrons. The molecule has 0 saturated heterocycles. The highest BCUT2D eigenvalue weighted by atomic mass is 19.1. The second-order valence-corrected chi connectivity index (χ2v) is 2.14. The van der Waals surface area contributed by atoms with E-state index in [1.807, 2.05) is 0 Å². The van der Waals surface area contributed by atoms with E-state index in [0.717, 1.165) is 6.08 Å². The fraction of sp³-hybridized carbons (Fsp3) is 0.625. The van der Waals surface area contributed by atoms with E-state index >= 15 is 0 Å². The van der Waals surface area contributed by atoms with E-state index in [4.69, 9.17) is 5.11 Å². The first-order chi connectivity index (χ1) is 5.72. The smallest absolute Gasteiger partial charge is 0.366 e. The van der Waals surface area contributed by atoms with Gasteiger partial charge in [0.1, 0.15) is 0 Å². The van der Waals surface area contributed by atoms with E-state index < -0.39 is 11.8 Å². The molecule has 4 heteroatoms. The minimum atomic E-state index is -0.935. The monoisotopic (exact) mass is 176 g/mol. The molecule has 0 rings (SSSR count). The van der Waals surface area contributed by atoms with Gasteiger partial charge in [0.25, 0.3) is 0 Å². The molecule has 0 aliphatic carbocycles. The summed E-state index contributed by atoms with van der Waals surface area (Å²) in [5, 5.41) is 8.35. The lowest BCUT2D eigenvalue weighted by atomic mass is 10.3. The van der Waals surface area contributed by atoms with Gasteiger partial charge in [-0.3, -0.25) is 0 Å². The maximum absolute atomic E-state index is 12.6. The molecule has 3 nitrogen and oxygen atoms in total. The lowest BCUT2D eigenvalue weighted by molar-refractivity contribution is -0.140. The molecule has 0 fully saturated rings. The summed E-state index contributed by atoms with van der Waals surface area (Å²) in [5.74, 6) is -1.82. The maximum atomic E-state index is 12.6. The minimum absolute atomic E-state index is 0.00734. The number of hydrogen-bond acceptors (Lipinski definition) is 3. The minimum Gasteiger partial charge on any atom is -0.461 e. The third-order valence-electron chi connectivity index (χ3n) is 1.16. The van der Waals surface area contributed by atoms with Crippen molar-refractivity contribution >= 4 is 5.97 Å². The first kappa shape index (κ1) is 11.1. The lowest BCUT2D eigenvalue weighted by Gasteiger charge is -1.97. The lowest BCUT2D eigenvalue weighted by Crippen LogP contribution is -2.04. The van der Waals surface area contributed by atoms with Crippen molar-refractivity contribution in [1.29, 1.82) is 0 Å². The number of hydrogen-bond donors (Lipinski definition) is 1. The number of ether oxygens (including phenoxy) is 1. The van der Waals surface area contributed by atoms with Gasteiger partial charge in [0.2, 0.25) is 5.83 Å². The van der Waals surface area contributed by atoms with Crippen LogP contribution in [0, 0.1) is 0 Å². The third kappa shape index (κ3) is 4.85. The zero-order valence-electron chi connectivity index (χ0n) is 7.05. The summed E-state index contributed by atoms with van der Waals surface area (Å²) in [7, 11) is 0. The molecule has 0 spiro atoms. The highest BCUT2D eigenvalue weighted by Crippen LogP contribution is 2.02. The molecule has 0 aromatic rings. The average molecular weight is 176 g/mol. The zero-order chi connectivity index (χ0) is 9.40. The van der Waals surface area contributed by atoms with Crippen LogP contribution in [0.1, 0.15) is 19.8 Å². The fourth-order valence-electron chi connectivity index (χ4n) is 0.603. The van der Waals surface area contributed by atoms with Gasteiger partial charge < -0.3 is 9.84 Å². The summed E-state index contributed by atoms with van der Waals surface area (Å²) >= 11 is 0. The van der Waals surface area contributed by atoms with Crippen LogP contribution in [-0.2, 0) is 9.53 Å². The Morgan fingerprint density at radius 3 is 2.83 bits per heavy atom. The summed E-state index contributed by atoms with van der Waals surface area (Å²) < 4.78 is 17.0. The zero-order valence-corrected chi connectivity index (χ0v) is 7.05. The van der Waals surface area contributed by atoms with E-state index in [-0.39, 0.29) is 13.2 Å². The standard InChI is InChI=1S/C8H13FO3/c1-2-12-8(11)7(9)5-3-4-6-10/h5,10H,2-4,6H2,1H3/b7-5+. The van der Waals surface area contributed by atoms with Crippen LogP contribution in [0.2, 0.25) is 0 Å². The Bertz CT molecular complexity index is 166. The fourth-order valence-corrected chi connectivity index (χ4v) is 0.603. The van der Waals surface area contributed by atoms with Gasteiger partial charge in [-0.15, -0.1) is 0 Å². The molecule has 12 heavy (non-hydrogen) atoms. The molecule has 0 bridgehead atoms. The van der Waals surface area contributed by atoms with Crippen LogP contribution in [0.5, 0.6) is 0 Å². The van der Waals surface area contributed by atoms with Crippen LogP contribution in [-0.4, -0.2) is 24.3 Å². The number of halogens is 1. The molecular weight excluding hydrogens is 163 g/mol. The van der Waals surface area contributed by atoms with Crippen molar-refractivity contribution in [3.05, 3.63) is 11.9 Å². The van der Waals surface area contributed by atoms with Crippen LogP contribution < -0.4 is 0 Å². The molecule has 0 amide bonds. The van der Waals surface area contributed by atoms with Crippen LogP contribution >= 0.6 is 0 Å². The van der Waals surface area contributed by atoms with Crippen molar-refractivity contribution in [2.75, 3.05) is 13.2 Å². The first-order valence-electron chi connectivity index (χ1n) is 3.86. The SMILES string of the molecule is CCOC(=O)/C(F)=C\CCCO. The molecule has 0 atom stereocenters. The molecule has 0 aliphatic heterocycles. The number of allylic oxidation sites excluding steroid dienone is 1. The van der Waals surface area contributed by atoms with Gasteiger partial charge in [-0.25, -0.2) is 4.79 Å². The quantitative estimate of drug-likeness (QED) is 0.388. The summed E-state index contributed by atoms with van der Waals surface area (Å²) in [6, 6.07) is 0. The number of unbranched alkanes of at least 4 members (excludes halogenated alkanes) is 1.